The second kappa shape index (κ2) is 5.20. The predicted octanol–water partition coefficient (Wildman–Crippen LogP) is 2.07. The molecule has 2 aromatic rings. The summed E-state index contributed by atoms with van der Waals surface area (Å²) in [7, 11) is 0. The summed E-state index contributed by atoms with van der Waals surface area (Å²) in [6, 6.07) is 6.58. The SMILES string of the molecule is N=C1CCc2cnc(Nc3cccc(O)c3)nc2/C1=N/O. The third-order valence-electron chi connectivity index (χ3n) is 3.22. The van der Waals surface area contributed by atoms with Crippen LogP contribution in [-0.2, 0) is 6.42 Å². The van der Waals surface area contributed by atoms with Gasteiger partial charge in [-0.25, -0.2) is 9.97 Å². The van der Waals surface area contributed by atoms with E-state index in [2.05, 4.69) is 20.4 Å². The van der Waals surface area contributed by atoms with E-state index in [1.165, 1.54) is 0 Å². The Bertz CT molecular complexity index is 742. The van der Waals surface area contributed by atoms with Crippen LogP contribution in [0.2, 0.25) is 0 Å². The van der Waals surface area contributed by atoms with Crippen LogP contribution in [-0.4, -0.2) is 31.7 Å². The number of phenols is 1. The van der Waals surface area contributed by atoms with E-state index in [0.717, 1.165) is 5.56 Å². The van der Waals surface area contributed by atoms with E-state index < -0.39 is 0 Å². The Hall–Kier alpha value is -2.96. The minimum Gasteiger partial charge on any atom is -0.508 e. The van der Waals surface area contributed by atoms with E-state index in [4.69, 9.17) is 10.6 Å². The van der Waals surface area contributed by atoms with Crippen LogP contribution in [0.1, 0.15) is 17.7 Å². The molecule has 4 N–H and O–H groups in total. The molecule has 7 nitrogen and oxygen atoms in total. The lowest BCUT2D eigenvalue weighted by Crippen LogP contribution is -2.25. The Balaban J connectivity index is 1.96. The lowest BCUT2D eigenvalue weighted by atomic mass is 9.94. The third kappa shape index (κ3) is 2.53. The highest BCUT2D eigenvalue weighted by Crippen LogP contribution is 2.22. The number of rotatable bonds is 2. The normalized spacial score (nSPS) is 15.8. The zero-order chi connectivity index (χ0) is 14.8. The van der Waals surface area contributed by atoms with Crippen LogP contribution >= 0.6 is 0 Å². The molecule has 1 aliphatic rings. The zero-order valence-corrected chi connectivity index (χ0v) is 11.0. The summed E-state index contributed by atoms with van der Waals surface area (Å²) in [4.78, 5) is 8.51. The van der Waals surface area contributed by atoms with Gasteiger partial charge in [0.2, 0.25) is 5.95 Å². The fourth-order valence-electron chi connectivity index (χ4n) is 2.20. The van der Waals surface area contributed by atoms with E-state index in [-0.39, 0.29) is 17.2 Å². The number of aryl methyl sites for hydroxylation is 1. The van der Waals surface area contributed by atoms with Crippen molar-refractivity contribution in [3.63, 3.8) is 0 Å². The number of fused-ring (bicyclic) bond motifs is 1. The Kier molecular flexibility index (Phi) is 3.23. The van der Waals surface area contributed by atoms with Gasteiger partial charge in [0.15, 0.2) is 0 Å². The number of nitrogens with one attached hydrogen (secondary N) is 2. The summed E-state index contributed by atoms with van der Waals surface area (Å²) in [5, 5.41) is 32.4. The van der Waals surface area contributed by atoms with Crippen molar-refractivity contribution in [1.82, 2.24) is 9.97 Å². The molecule has 7 heteroatoms. The molecule has 0 spiro atoms. The Labute approximate surface area is 120 Å². The molecule has 0 unspecified atom stereocenters. The molecule has 0 amide bonds. The molecule has 0 saturated heterocycles. The molecule has 1 aromatic carbocycles. The number of hydrogen-bond donors (Lipinski definition) is 4. The maximum atomic E-state index is 9.44. The Morgan fingerprint density at radius 3 is 2.90 bits per heavy atom. The van der Waals surface area contributed by atoms with Gasteiger partial charge < -0.3 is 21.0 Å². The smallest absolute Gasteiger partial charge is 0.227 e. The molecular weight excluding hydrogens is 270 g/mol. The number of anilines is 2. The summed E-state index contributed by atoms with van der Waals surface area (Å²) >= 11 is 0. The van der Waals surface area contributed by atoms with Crippen LogP contribution in [0.5, 0.6) is 5.75 Å². The standard InChI is InChI=1S/C14H13N5O2/c15-11-5-4-8-7-16-14(18-12(8)13(11)19-21)17-9-2-1-3-10(20)6-9/h1-3,6-7,15,20-21H,4-5H2,(H,16,17,18)/b15-11?,19-13+. The van der Waals surface area contributed by atoms with Crippen molar-refractivity contribution in [1.29, 1.82) is 5.41 Å². The number of hydrogen-bond acceptors (Lipinski definition) is 7. The zero-order valence-electron chi connectivity index (χ0n) is 11.0. The molecule has 1 aromatic heterocycles. The van der Waals surface area contributed by atoms with E-state index in [1.54, 1.807) is 30.5 Å². The lowest BCUT2D eigenvalue weighted by molar-refractivity contribution is 0.320. The van der Waals surface area contributed by atoms with Gasteiger partial charge in [0.25, 0.3) is 0 Å². The fourth-order valence-corrected chi connectivity index (χ4v) is 2.20. The van der Waals surface area contributed by atoms with Crippen molar-refractivity contribution < 1.29 is 10.3 Å². The molecule has 0 atom stereocenters. The van der Waals surface area contributed by atoms with Crippen molar-refractivity contribution in [2.24, 2.45) is 5.16 Å². The van der Waals surface area contributed by atoms with Crippen molar-refractivity contribution in [2.45, 2.75) is 12.8 Å². The maximum Gasteiger partial charge on any atom is 0.227 e. The molecule has 106 valence electrons. The number of nitrogens with zero attached hydrogens (tertiary/aromatic N) is 3. The van der Waals surface area contributed by atoms with Crippen LogP contribution in [0.15, 0.2) is 35.6 Å². The first-order valence-electron chi connectivity index (χ1n) is 6.39. The highest BCUT2D eigenvalue weighted by Gasteiger charge is 2.23. The minimum atomic E-state index is 0.136. The van der Waals surface area contributed by atoms with Crippen molar-refractivity contribution in [3.8, 4) is 5.75 Å². The fraction of sp³-hybridized carbons (Fsp3) is 0.143. The monoisotopic (exact) mass is 283 g/mol. The van der Waals surface area contributed by atoms with Gasteiger partial charge in [0, 0.05) is 18.0 Å². The van der Waals surface area contributed by atoms with E-state index in [1.807, 2.05) is 0 Å². The highest BCUT2D eigenvalue weighted by atomic mass is 16.4. The lowest BCUT2D eigenvalue weighted by Gasteiger charge is -2.17. The highest BCUT2D eigenvalue weighted by molar-refractivity contribution is 6.47. The van der Waals surface area contributed by atoms with Crippen molar-refractivity contribution >= 4 is 23.1 Å². The molecule has 0 radical (unpaired) electrons. The van der Waals surface area contributed by atoms with Gasteiger partial charge in [-0.15, -0.1) is 0 Å². The van der Waals surface area contributed by atoms with Gasteiger partial charge in [-0.1, -0.05) is 11.2 Å². The first kappa shape index (κ1) is 13.0. The maximum absolute atomic E-state index is 9.44. The minimum absolute atomic E-state index is 0.136. The van der Waals surface area contributed by atoms with Crippen LogP contribution in [0.4, 0.5) is 11.6 Å². The van der Waals surface area contributed by atoms with Gasteiger partial charge in [0.1, 0.15) is 17.2 Å². The number of aromatic hydroxyl groups is 1. The predicted molar refractivity (Wildman–Crippen MR) is 77.8 cm³/mol. The third-order valence-corrected chi connectivity index (χ3v) is 3.22. The first-order valence-corrected chi connectivity index (χ1v) is 6.39. The summed E-state index contributed by atoms with van der Waals surface area (Å²) in [5.41, 5.74) is 2.39. The molecule has 1 heterocycles. The van der Waals surface area contributed by atoms with E-state index in [9.17, 15) is 5.11 Å². The van der Waals surface area contributed by atoms with Crippen LogP contribution in [0.3, 0.4) is 0 Å². The average Bonchev–Trinajstić information content (AvgIpc) is 2.47. The topological polar surface area (TPSA) is 114 Å². The Morgan fingerprint density at radius 1 is 1.29 bits per heavy atom. The summed E-state index contributed by atoms with van der Waals surface area (Å²) in [5.74, 6) is 0.451. The van der Waals surface area contributed by atoms with E-state index in [0.29, 0.717) is 30.2 Å². The second-order valence-corrected chi connectivity index (χ2v) is 4.67. The van der Waals surface area contributed by atoms with Gasteiger partial charge >= 0.3 is 0 Å². The summed E-state index contributed by atoms with van der Waals surface area (Å²) in [6.45, 7) is 0. The summed E-state index contributed by atoms with van der Waals surface area (Å²) in [6.07, 6.45) is 2.82. The molecule has 0 bridgehead atoms. The Morgan fingerprint density at radius 2 is 2.14 bits per heavy atom. The number of aromatic nitrogens is 2. The van der Waals surface area contributed by atoms with Gasteiger partial charge in [-0.3, -0.25) is 0 Å². The number of phenolic OH excluding ortho intramolecular Hbond substituents is 1. The second-order valence-electron chi connectivity index (χ2n) is 4.67. The molecule has 0 aliphatic heterocycles. The first-order chi connectivity index (χ1) is 10.2. The number of oxime groups is 1. The van der Waals surface area contributed by atoms with Crippen LogP contribution < -0.4 is 5.32 Å². The molecule has 1 aliphatic carbocycles. The van der Waals surface area contributed by atoms with E-state index >= 15 is 0 Å². The molecule has 0 fully saturated rings. The van der Waals surface area contributed by atoms with Crippen LogP contribution in [0, 0.1) is 5.41 Å². The van der Waals surface area contributed by atoms with Gasteiger partial charge in [-0.2, -0.15) is 0 Å². The van der Waals surface area contributed by atoms with Gasteiger partial charge in [0.05, 0.1) is 5.71 Å². The molecule has 0 saturated carbocycles. The molecular formula is C14H13N5O2. The van der Waals surface area contributed by atoms with Crippen molar-refractivity contribution in [3.05, 3.63) is 41.7 Å². The van der Waals surface area contributed by atoms with Crippen LogP contribution in [0.25, 0.3) is 0 Å². The average molecular weight is 283 g/mol. The molecule has 3 rings (SSSR count). The van der Waals surface area contributed by atoms with Crippen molar-refractivity contribution in [2.75, 3.05) is 5.32 Å². The van der Waals surface area contributed by atoms with Gasteiger partial charge in [-0.05, 0) is 30.5 Å². The number of benzene rings is 1. The summed E-state index contributed by atoms with van der Waals surface area (Å²) < 4.78 is 0. The quantitative estimate of drug-likeness (QED) is 0.497. The molecule has 21 heavy (non-hydrogen) atoms. The largest absolute Gasteiger partial charge is 0.508 e.